The van der Waals surface area contributed by atoms with E-state index in [9.17, 15) is 20.1 Å². The molecule has 6 N–H and O–H groups in total. The molecule has 2 amide bonds. The van der Waals surface area contributed by atoms with Crippen LogP contribution in [-0.2, 0) is 11.3 Å². The van der Waals surface area contributed by atoms with Gasteiger partial charge in [-0.2, -0.15) is 0 Å². The quantitative estimate of drug-likeness (QED) is 0.225. The molecule has 1 saturated heterocycles. The number of nitrogens with zero attached hydrogens (tertiary/aromatic N) is 4. The van der Waals surface area contributed by atoms with Crippen LogP contribution in [0.3, 0.4) is 0 Å². The maximum Gasteiger partial charge on any atom is 0.323 e. The first-order valence-electron chi connectivity index (χ1n) is 11.3. The van der Waals surface area contributed by atoms with Gasteiger partial charge in [-0.15, -0.1) is 0 Å². The summed E-state index contributed by atoms with van der Waals surface area (Å²) in [6, 6.07) is 16.2. The number of nitrogens with one attached hydrogen (secondary N) is 3. The smallest absolute Gasteiger partial charge is 0.323 e. The van der Waals surface area contributed by atoms with E-state index in [1.165, 1.54) is 17.2 Å². The van der Waals surface area contributed by atoms with Gasteiger partial charge in [-0.05, 0) is 29.8 Å². The first kappa shape index (κ1) is 23.6. The van der Waals surface area contributed by atoms with Gasteiger partial charge in [-0.1, -0.05) is 30.3 Å². The van der Waals surface area contributed by atoms with Gasteiger partial charge in [0.15, 0.2) is 23.2 Å². The molecule has 0 bridgehead atoms. The first-order chi connectivity index (χ1) is 17.5. The highest BCUT2D eigenvalue weighted by atomic mass is 16.6. The van der Waals surface area contributed by atoms with Crippen LogP contribution in [0.15, 0.2) is 67.3 Å². The average molecular weight is 492 g/mol. The van der Waals surface area contributed by atoms with Crippen LogP contribution < -0.4 is 16.0 Å². The molecule has 2 aromatic carbocycles. The number of aliphatic hydroxyl groups is 3. The zero-order valence-corrected chi connectivity index (χ0v) is 19.0. The van der Waals surface area contributed by atoms with E-state index in [-0.39, 0.29) is 6.03 Å². The zero-order valence-electron chi connectivity index (χ0n) is 19.0. The van der Waals surface area contributed by atoms with E-state index in [0.717, 1.165) is 5.56 Å². The van der Waals surface area contributed by atoms with Crippen molar-refractivity contribution < 1.29 is 24.9 Å². The van der Waals surface area contributed by atoms with E-state index in [1.807, 2.05) is 36.4 Å². The van der Waals surface area contributed by atoms with Gasteiger partial charge >= 0.3 is 6.03 Å². The van der Waals surface area contributed by atoms with Crippen LogP contribution in [0.5, 0.6) is 0 Å². The molecule has 186 valence electrons. The molecule has 0 radical (unpaired) electrons. The number of ether oxygens (including phenoxy) is 1. The number of carbonyl (C=O) groups is 1. The summed E-state index contributed by atoms with van der Waals surface area (Å²) in [7, 11) is 0. The van der Waals surface area contributed by atoms with E-state index < -0.39 is 31.1 Å². The predicted molar refractivity (Wildman–Crippen MR) is 131 cm³/mol. The molecule has 36 heavy (non-hydrogen) atoms. The second-order valence-corrected chi connectivity index (χ2v) is 8.27. The molecule has 2 aromatic heterocycles. The third-order valence-electron chi connectivity index (χ3n) is 5.83. The predicted octanol–water partition coefficient (Wildman–Crippen LogP) is 1.69. The lowest BCUT2D eigenvalue weighted by Gasteiger charge is -2.16. The molecule has 0 unspecified atom stereocenters. The summed E-state index contributed by atoms with van der Waals surface area (Å²) in [6.07, 6.45) is -1.53. The lowest BCUT2D eigenvalue weighted by atomic mass is 10.1. The third kappa shape index (κ3) is 4.83. The summed E-state index contributed by atoms with van der Waals surface area (Å²) in [5, 5.41) is 38.6. The normalized spacial score (nSPS) is 21.4. The monoisotopic (exact) mass is 491 g/mol. The number of carbonyl (C=O) groups excluding carboxylic acids is 1. The lowest BCUT2D eigenvalue weighted by Crippen LogP contribution is -2.33. The van der Waals surface area contributed by atoms with E-state index in [2.05, 4.69) is 30.9 Å². The van der Waals surface area contributed by atoms with Gasteiger partial charge in [0.05, 0.1) is 12.9 Å². The maximum absolute atomic E-state index is 12.3. The number of hydrogen-bond donors (Lipinski definition) is 6. The number of aliphatic hydroxyl groups excluding tert-OH is 3. The molecule has 0 saturated carbocycles. The van der Waals surface area contributed by atoms with Crippen LogP contribution in [0, 0.1) is 0 Å². The second kappa shape index (κ2) is 10.3. The van der Waals surface area contributed by atoms with Crippen molar-refractivity contribution in [1.82, 2.24) is 19.5 Å². The van der Waals surface area contributed by atoms with Gasteiger partial charge in [0, 0.05) is 17.9 Å². The Morgan fingerprint density at radius 2 is 1.75 bits per heavy atom. The number of aromatic nitrogens is 4. The molecule has 12 nitrogen and oxygen atoms in total. The lowest BCUT2D eigenvalue weighted by molar-refractivity contribution is -0.0511. The van der Waals surface area contributed by atoms with Crippen LogP contribution in [0.2, 0.25) is 0 Å². The van der Waals surface area contributed by atoms with Gasteiger partial charge in [0.2, 0.25) is 0 Å². The van der Waals surface area contributed by atoms with Gasteiger partial charge in [0.25, 0.3) is 0 Å². The summed E-state index contributed by atoms with van der Waals surface area (Å²) in [5.74, 6) is 0.464. The molecule has 1 aliphatic heterocycles. The largest absolute Gasteiger partial charge is 0.394 e. The van der Waals surface area contributed by atoms with E-state index in [1.54, 1.807) is 18.2 Å². The number of fused-ring (bicyclic) bond motifs is 1. The highest BCUT2D eigenvalue weighted by Gasteiger charge is 2.44. The number of rotatable bonds is 7. The van der Waals surface area contributed by atoms with Crippen LogP contribution in [0.1, 0.15) is 11.8 Å². The van der Waals surface area contributed by atoms with Crippen molar-refractivity contribution >= 4 is 34.4 Å². The molecule has 4 atom stereocenters. The summed E-state index contributed by atoms with van der Waals surface area (Å²) in [6.45, 7) is -0.0341. The highest BCUT2D eigenvalue weighted by Crippen LogP contribution is 2.32. The summed E-state index contributed by atoms with van der Waals surface area (Å²) in [4.78, 5) is 25.2. The van der Waals surface area contributed by atoms with Crippen LogP contribution in [-0.4, -0.2) is 65.8 Å². The molecule has 0 aliphatic carbocycles. The Labute approximate surface area is 205 Å². The second-order valence-electron chi connectivity index (χ2n) is 8.27. The topological polar surface area (TPSA) is 167 Å². The fraction of sp³-hybridized carbons (Fsp3) is 0.250. The summed E-state index contributed by atoms with van der Waals surface area (Å²) < 4.78 is 7.09. The van der Waals surface area contributed by atoms with Crippen LogP contribution in [0.4, 0.5) is 22.0 Å². The Balaban J connectivity index is 1.27. The number of anilines is 3. The molecule has 3 heterocycles. The van der Waals surface area contributed by atoms with Gasteiger partial charge in [-0.25, -0.2) is 19.7 Å². The molecule has 1 aliphatic rings. The highest BCUT2D eigenvalue weighted by molar-refractivity contribution is 5.99. The van der Waals surface area contributed by atoms with Crippen molar-refractivity contribution in [3.8, 4) is 0 Å². The standard InChI is InChI=1S/C24H25N7O5/c32-11-17-19(33)20(34)23(36-17)31-13-28-18-21(26-12-27-22(18)31)25-10-14-5-4-8-16(9-14)30-24(35)29-15-6-2-1-3-7-15/h1-9,12-13,17,19-20,23,32-34H,10-11H2,(H,25,26,27)(H2,29,30,35)/t17-,19-,20-,23-/m1/s1. The molecule has 0 spiro atoms. The number of benzene rings is 2. The van der Waals surface area contributed by atoms with Gasteiger partial charge < -0.3 is 36.0 Å². The Hall–Kier alpha value is -4.10. The zero-order chi connectivity index (χ0) is 25.1. The minimum Gasteiger partial charge on any atom is -0.394 e. The number of imidazole rings is 1. The fourth-order valence-electron chi connectivity index (χ4n) is 4.04. The van der Waals surface area contributed by atoms with E-state index >= 15 is 0 Å². The van der Waals surface area contributed by atoms with Crippen molar-refractivity contribution in [2.45, 2.75) is 31.1 Å². The fourth-order valence-corrected chi connectivity index (χ4v) is 4.04. The van der Waals surface area contributed by atoms with Crippen molar-refractivity contribution in [3.05, 3.63) is 72.8 Å². The van der Waals surface area contributed by atoms with E-state index in [0.29, 0.717) is 34.9 Å². The number of para-hydroxylation sites is 1. The summed E-state index contributed by atoms with van der Waals surface area (Å²) >= 11 is 0. The Kier molecular flexibility index (Phi) is 6.73. The Bertz CT molecular complexity index is 1350. The van der Waals surface area contributed by atoms with Crippen molar-refractivity contribution in [3.63, 3.8) is 0 Å². The van der Waals surface area contributed by atoms with Crippen LogP contribution >= 0.6 is 0 Å². The van der Waals surface area contributed by atoms with Crippen molar-refractivity contribution in [2.75, 3.05) is 22.6 Å². The molecule has 1 fully saturated rings. The van der Waals surface area contributed by atoms with Crippen LogP contribution in [0.25, 0.3) is 11.2 Å². The number of urea groups is 1. The van der Waals surface area contributed by atoms with E-state index in [4.69, 9.17) is 4.74 Å². The Morgan fingerprint density at radius 3 is 2.53 bits per heavy atom. The number of hydrogen-bond acceptors (Lipinski definition) is 9. The molecule has 4 aromatic rings. The molecule has 5 rings (SSSR count). The molecular formula is C24H25N7O5. The maximum atomic E-state index is 12.3. The molecule has 12 heteroatoms. The van der Waals surface area contributed by atoms with Crippen molar-refractivity contribution in [2.24, 2.45) is 0 Å². The minimum absolute atomic E-state index is 0.348. The SMILES string of the molecule is O=C(Nc1ccccc1)Nc1cccc(CNc2ncnc3c2ncn3[C@@H]2O[C@H](CO)[C@@H](O)[C@H]2O)c1. The first-order valence-corrected chi connectivity index (χ1v) is 11.3. The Morgan fingerprint density at radius 1 is 0.972 bits per heavy atom. The van der Waals surface area contributed by atoms with Gasteiger partial charge in [-0.3, -0.25) is 4.57 Å². The minimum atomic E-state index is -1.25. The number of amides is 2. The summed E-state index contributed by atoms with van der Waals surface area (Å²) in [5.41, 5.74) is 3.06. The third-order valence-corrected chi connectivity index (χ3v) is 5.83. The van der Waals surface area contributed by atoms with Gasteiger partial charge in [0.1, 0.15) is 24.6 Å². The average Bonchev–Trinajstić information content (AvgIpc) is 3.44. The van der Waals surface area contributed by atoms with Crippen molar-refractivity contribution in [1.29, 1.82) is 0 Å². The molecular weight excluding hydrogens is 466 g/mol.